The molecule has 1 aromatic carbocycles. The lowest BCUT2D eigenvalue weighted by Crippen LogP contribution is -2.00. The molecule has 0 unspecified atom stereocenters. The monoisotopic (exact) mass is 297 g/mol. The van der Waals surface area contributed by atoms with E-state index in [0.29, 0.717) is 11.6 Å². The molecule has 6 heteroatoms. The number of nitrogens with zero attached hydrogens (tertiary/aromatic N) is 2. The van der Waals surface area contributed by atoms with E-state index in [1.807, 2.05) is 17.5 Å². The van der Waals surface area contributed by atoms with Gasteiger partial charge in [-0.15, -0.1) is 11.3 Å². The Labute approximate surface area is 124 Å². The molecule has 0 aliphatic rings. The largest absolute Gasteiger partial charge is 0.478 e. The summed E-state index contributed by atoms with van der Waals surface area (Å²) in [4.78, 5) is 20.5. The van der Waals surface area contributed by atoms with Gasteiger partial charge in [-0.3, -0.25) is 0 Å². The molecular formula is C15H11N3O2S. The Morgan fingerprint density at radius 3 is 2.62 bits per heavy atom. The Hall–Kier alpha value is -2.73. The highest BCUT2D eigenvalue weighted by atomic mass is 32.1. The first-order chi connectivity index (χ1) is 10.2. The third-order valence-electron chi connectivity index (χ3n) is 2.82. The van der Waals surface area contributed by atoms with Gasteiger partial charge in [0.15, 0.2) is 0 Å². The molecule has 0 amide bonds. The smallest absolute Gasteiger partial charge is 0.335 e. The summed E-state index contributed by atoms with van der Waals surface area (Å²) in [6.07, 6.45) is 3.48. The number of hydrogen-bond donors (Lipinski definition) is 2. The molecule has 3 rings (SSSR count). The highest BCUT2D eigenvalue weighted by Gasteiger charge is 2.05. The topological polar surface area (TPSA) is 75.1 Å². The fourth-order valence-electron chi connectivity index (χ4n) is 1.82. The number of carboxylic acids is 1. The second kappa shape index (κ2) is 5.72. The Kier molecular flexibility index (Phi) is 3.61. The molecule has 3 aromatic rings. The summed E-state index contributed by atoms with van der Waals surface area (Å²) >= 11 is 1.63. The molecular weight excluding hydrogens is 286 g/mol. The lowest BCUT2D eigenvalue weighted by atomic mass is 10.2. The van der Waals surface area contributed by atoms with Crippen LogP contribution in [-0.2, 0) is 0 Å². The fraction of sp³-hybridized carbons (Fsp3) is 0. The zero-order valence-electron chi connectivity index (χ0n) is 10.9. The molecule has 0 aliphatic carbocycles. The number of hydrogen-bond acceptors (Lipinski definition) is 5. The molecule has 5 nitrogen and oxygen atoms in total. The van der Waals surface area contributed by atoms with E-state index in [1.165, 1.54) is 6.07 Å². The molecule has 0 spiro atoms. The standard InChI is InChI=1S/C15H11N3O2S/c19-14(20)10-3-1-4-12(7-10)18-15-16-8-11(9-17-15)13-5-2-6-21-13/h1-9H,(H,19,20)(H,16,17,18). The summed E-state index contributed by atoms with van der Waals surface area (Å²) in [5.74, 6) is -0.537. The van der Waals surface area contributed by atoms with Crippen LogP contribution in [0.5, 0.6) is 0 Å². The minimum atomic E-state index is -0.965. The predicted molar refractivity (Wildman–Crippen MR) is 82.0 cm³/mol. The van der Waals surface area contributed by atoms with Gasteiger partial charge < -0.3 is 10.4 Å². The number of rotatable bonds is 4. The van der Waals surface area contributed by atoms with Crippen molar-refractivity contribution in [3.63, 3.8) is 0 Å². The molecule has 2 N–H and O–H groups in total. The van der Waals surface area contributed by atoms with Crippen LogP contribution >= 0.6 is 11.3 Å². The molecule has 0 aliphatic heterocycles. The maximum absolute atomic E-state index is 10.9. The summed E-state index contributed by atoms with van der Waals surface area (Å²) in [5, 5.41) is 13.9. The van der Waals surface area contributed by atoms with Gasteiger partial charge >= 0.3 is 5.97 Å². The number of thiophene rings is 1. The lowest BCUT2D eigenvalue weighted by Gasteiger charge is -2.05. The van der Waals surface area contributed by atoms with Gasteiger partial charge in [0.25, 0.3) is 0 Å². The Morgan fingerprint density at radius 1 is 1.14 bits per heavy atom. The molecule has 2 aromatic heterocycles. The van der Waals surface area contributed by atoms with E-state index < -0.39 is 5.97 Å². The first kappa shape index (κ1) is 13.3. The van der Waals surface area contributed by atoms with Crippen LogP contribution < -0.4 is 5.32 Å². The number of benzene rings is 1. The van der Waals surface area contributed by atoms with E-state index in [0.717, 1.165) is 10.4 Å². The van der Waals surface area contributed by atoms with Crippen molar-refractivity contribution in [1.82, 2.24) is 9.97 Å². The van der Waals surface area contributed by atoms with Gasteiger partial charge in [0.2, 0.25) is 5.95 Å². The predicted octanol–water partition coefficient (Wildman–Crippen LogP) is 3.65. The van der Waals surface area contributed by atoms with E-state index in [1.54, 1.807) is 41.9 Å². The van der Waals surface area contributed by atoms with Gasteiger partial charge in [-0.25, -0.2) is 14.8 Å². The summed E-state index contributed by atoms with van der Waals surface area (Å²) in [6, 6.07) is 10.5. The highest BCUT2D eigenvalue weighted by molar-refractivity contribution is 7.13. The molecule has 0 atom stereocenters. The average Bonchev–Trinajstić information content (AvgIpc) is 3.02. The molecule has 0 saturated heterocycles. The quantitative estimate of drug-likeness (QED) is 0.769. The molecule has 21 heavy (non-hydrogen) atoms. The van der Waals surface area contributed by atoms with Crippen LogP contribution in [-0.4, -0.2) is 21.0 Å². The number of carboxylic acid groups (broad SMARTS) is 1. The first-order valence-electron chi connectivity index (χ1n) is 6.19. The molecule has 2 heterocycles. The third kappa shape index (κ3) is 3.06. The van der Waals surface area contributed by atoms with E-state index in [9.17, 15) is 4.79 Å². The maximum atomic E-state index is 10.9. The number of nitrogens with one attached hydrogen (secondary N) is 1. The second-order valence-corrected chi connectivity index (χ2v) is 5.23. The molecule has 0 fully saturated rings. The van der Waals surface area contributed by atoms with E-state index in [-0.39, 0.29) is 5.56 Å². The fourth-order valence-corrected chi connectivity index (χ4v) is 2.52. The number of aromatic nitrogens is 2. The summed E-state index contributed by atoms with van der Waals surface area (Å²) in [7, 11) is 0. The Bertz CT molecular complexity index is 755. The summed E-state index contributed by atoms with van der Waals surface area (Å²) in [6.45, 7) is 0. The SMILES string of the molecule is O=C(O)c1cccc(Nc2ncc(-c3cccs3)cn2)c1. The van der Waals surface area contributed by atoms with Crippen LogP contribution in [0.4, 0.5) is 11.6 Å². The zero-order chi connectivity index (χ0) is 14.7. The Balaban J connectivity index is 1.79. The third-order valence-corrected chi connectivity index (χ3v) is 3.74. The van der Waals surface area contributed by atoms with E-state index in [2.05, 4.69) is 15.3 Å². The maximum Gasteiger partial charge on any atom is 0.335 e. The summed E-state index contributed by atoms with van der Waals surface area (Å²) < 4.78 is 0. The van der Waals surface area contributed by atoms with Crippen LogP contribution in [0.25, 0.3) is 10.4 Å². The second-order valence-electron chi connectivity index (χ2n) is 4.28. The summed E-state index contributed by atoms with van der Waals surface area (Å²) in [5.41, 5.74) is 1.81. The van der Waals surface area contributed by atoms with Crippen LogP contribution in [0.1, 0.15) is 10.4 Å². The van der Waals surface area contributed by atoms with Crippen molar-refractivity contribution in [2.24, 2.45) is 0 Å². The van der Waals surface area contributed by atoms with Crippen molar-refractivity contribution >= 4 is 28.9 Å². The van der Waals surface area contributed by atoms with E-state index in [4.69, 9.17) is 5.11 Å². The molecule has 0 bridgehead atoms. The van der Waals surface area contributed by atoms with Gasteiger partial charge in [0.1, 0.15) is 0 Å². The average molecular weight is 297 g/mol. The van der Waals surface area contributed by atoms with Gasteiger partial charge in [-0.2, -0.15) is 0 Å². The molecule has 104 valence electrons. The minimum absolute atomic E-state index is 0.218. The van der Waals surface area contributed by atoms with Crippen molar-refractivity contribution in [2.45, 2.75) is 0 Å². The lowest BCUT2D eigenvalue weighted by molar-refractivity contribution is 0.0697. The van der Waals surface area contributed by atoms with E-state index >= 15 is 0 Å². The minimum Gasteiger partial charge on any atom is -0.478 e. The van der Waals surface area contributed by atoms with Gasteiger partial charge in [-0.1, -0.05) is 12.1 Å². The number of anilines is 2. The van der Waals surface area contributed by atoms with Gasteiger partial charge in [0.05, 0.1) is 5.56 Å². The van der Waals surface area contributed by atoms with Gasteiger partial charge in [0, 0.05) is 28.5 Å². The zero-order valence-corrected chi connectivity index (χ0v) is 11.7. The highest BCUT2D eigenvalue weighted by Crippen LogP contribution is 2.24. The normalized spacial score (nSPS) is 10.3. The van der Waals surface area contributed by atoms with Gasteiger partial charge in [-0.05, 0) is 29.6 Å². The van der Waals surface area contributed by atoms with Crippen LogP contribution in [0.3, 0.4) is 0 Å². The number of aromatic carboxylic acids is 1. The van der Waals surface area contributed by atoms with Crippen LogP contribution in [0.15, 0.2) is 54.2 Å². The van der Waals surface area contributed by atoms with Crippen molar-refractivity contribution in [1.29, 1.82) is 0 Å². The number of carbonyl (C=O) groups is 1. The van der Waals surface area contributed by atoms with Crippen molar-refractivity contribution in [3.8, 4) is 10.4 Å². The van der Waals surface area contributed by atoms with Crippen molar-refractivity contribution < 1.29 is 9.90 Å². The Morgan fingerprint density at radius 2 is 1.95 bits per heavy atom. The molecule has 0 radical (unpaired) electrons. The van der Waals surface area contributed by atoms with Crippen molar-refractivity contribution in [2.75, 3.05) is 5.32 Å². The van der Waals surface area contributed by atoms with Crippen LogP contribution in [0.2, 0.25) is 0 Å². The van der Waals surface area contributed by atoms with Crippen molar-refractivity contribution in [3.05, 3.63) is 59.7 Å². The first-order valence-corrected chi connectivity index (χ1v) is 7.06. The molecule has 0 saturated carbocycles. The van der Waals surface area contributed by atoms with Crippen LogP contribution in [0, 0.1) is 0 Å².